The number of ether oxygens (including phenoxy) is 7. The van der Waals surface area contributed by atoms with Crippen molar-refractivity contribution in [1.29, 1.82) is 0 Å². The first-order valence-corrected chi connectivity index (χ1v) is 13.9. The Labute approximate surface area is 235 Å². The maximum atomic E-state index is 13.8. The number of ketones is 1. The summed E-state index contributed by atoms with van der Waals surface area (Å²) in [5.74, 6) is -4.63. The van der Waals surface area contributed by atoms with Gasteiger partial charge in [-0.25, -0.2) is 9.59 Å². The number of Topliss-reactive ketones (excluding diaryl/α,β-unsaturated/α-hetero) is 1. The summed E-state index contributed by atoms with van der Waals surface area (Å²) in [7, 11) is 0. The molecule has 0 aromatic rings. The zero-order chi connectivity index (χ0) is 29.8. The standard InChI is InChI=1S/C27H36O14/c1-12-19(31)39-17-16(30)25-15-9-14(23(2,3)4)24(25)18(37-8-7-35-5-6-36-11-13(29)10-28)20(32)40-22(24)41-27(25,21(33)38-15)26(12,17)34/h12,14-18,22,28,30,34H,5-11H2,1-4H3/t12?,14-,15?,16-,17-,18-,22-,24?,25-,26+,27+/m0/s1. The first kappa shape index (κ1) is 28.9. The van der Waals surface area contributed by atoms with Crippen LogP contribution in [0.3, 0.4) is 0 Å². The van der Waals surface area contributed by atoms with E-state index in [-0.39, 0.29) is 39.5 Å². The molecule has 228 valence electrons. The van der Waals surface area contributed by atoms with E-state index in [4.69, 9.17) is 38.3 Å². The van der Waals surface area contributed by atoms with E-state index in [9.17, 15) is 29.4 Å². The minimum Gasteiger partial charge on any atom is -0.459 e. The van der Waals surface area contributed by atoms with Gasteiger partial charge in [0.15, 0.2) is 23.6 Å². The van der Waals surface area contributed by atoms with Gasteiger partial charge < -0.3 is 48.5 Å². The molecule has 14 nitrogen and oxygen atoms in total. The van der Waals surface area contributed by atoms with Crippen LogP contribution < -0.4 is 0 Å². The van der Waals surface area contributed by atoms with Crippen molar-refractivity contribution in [2.45, 2.75) is 76.0 Å². The van der Waals surface area contributed by atoms with E-state index in [0.29, 0.717) is 0 Å². The highest BCUT2D eigenvalue weighted by Crippen LogP contribution is 2.84. The summed E-state index contributed by atoms with van der Waals surface area (Å²) >= 11 is 0. The van der Waals surface area contributed by atoms with Crippen molar-refractivity contribution in [1.82, 2.24) is 0 Å². The molecule has 2 spiro atoms. The lowest BCUT2D eigenvalue weighted by atomic mass is 9.51. The molecule has 0 bridgehead atoms. The zero-order valence-electron chi connectivity index (χ0n) is 23.3. The molecule has 14 heteroatoms. The Balaban J connectivity index is 1.34. The SMILES string of the molecule is CC1C(=O)O[C@H]2[C@H](O)[C@@]34C5C[C@@H](C(C)(C)C)C36[C@@H](OC(=O)[C@@H]6OCCOCCOCC(=O)CO)O[C@@]4(C(=O)O5)[C@@]12O. The van der Waals surface area contributed by atoms with Crippen LogP contribution in [0.2, 0.25) is 0 Å². The van der Waals surface area contributed by atoms with E-state index >= 15 is 0 Å². The van der Waals surface area contributed by atoms with Crippen molar-refractivity contribution >= 4 is 23.7 Å². The highest BCUT2D eigenvalue weighted by Gasteiger charge is 3.04. The molecular formula is C27H36O14. The molecule has 6 fully saturated rings. The Morgan fingerprint density at radius 3 is 2.39 bits per heavy atom. The minimum atomic E-state index is -2.28. The van der Waals surface area contributed by atoms with Gasteiger partial charge in [-0.1, -0.05) is 20.8 Å². The van der Waals surface area contributed by atoms with Gasteiger partial charge in [0.05, 0.1) is 43.2 Å². The van der Waals surface area contributed by atoms with E-state index in [0.717, 1.165) is 0 Å². The topological polar surface area (TPSA) is 194 Å². The first-order valence-electron chi connectivity index (χ1n) is 13.9. The number of aliphatic hydroxyl groups excluding tert-OH is 2. The van der Waals surface area contributed by atoms with Gasteiger partial charge in [0, 0.05) is 0 Å². The molecule has 4 aliphatic heterocycles. The largest absolute Gasteiger partial charge is 0.459 e. The normalized spacial score (nSPS) is 47.1. The summed E-state index contributed by atoms with van der Waals surface area (Å²) in [5, 5.41) is 33.0. The van der Waals surface area contributed by atoms with Crippen molar-refractivity contribution < 1.29 is 67.7 Å². The zero-order valence-corrected chi connectivity index (χ0v) is 23.3. The molecule has 0 amide bonds. The molecule has 0 aromatic heterocycles. The van der Waals surface area contributed by atoms with E-state index in [1.54, 1.807) is 0 Å². The van der Waals surface area contributed by atoms with Crippen LogP contribution in [0.15, 0.2) is 0 Å². The summed E-state index contributed by atoms with van der Waals surface area (Å²) in [6.07, 6.45) is -6.57. The van der Waals surface area contributed by atoms with E-state index < -0.39 is 100 Å². The van der Waals surface area contributed by atoms with Crippen LogP contribution in [-0.2, 0) is 52.3 Å². The van der Waals surface area contributed by atoms with Crippen molar-refractivity contribution in [2.75, 3.05) is 39.6 Å². The lowest BCUT2D eigenvalue weighted by Gasteiger charge is -2.48. The Kier molecular flexibility index (Phi) is 6.45. The van der Waals surface area contributed by atoms with Gasteiger partial charge in [-0.2, -0.15) is 0 Å². The predicted molar refractivity (Wildman–Crippen MR) is 129 cm³/mol. The van der Waals surface area contributed by atoms with Crippen LogP contribution in [0.4, 0.5) is 0 Å². The van der Waals surface area contributed by atoms with Gasteiger partial charge in [-0.3, -0.25) is 9.59 Å². The Hall–Kier alpha value is -2.20. The monoisotopic (exact) mass is 584 g/mol. The second-order valence-electron chi connectivity index (χ2n) is 12.9. The maximum Gasteiger partial charge on any atom is 0.343 e. The Morgan fingerprint density at radius 2 is 1.71 bits per heavy atom. The van der Waals surface area contributed by atoms with Crippen molar-refractivity contribution in [3.8, 4) is 0 Å². The molecule has 11 atom stereocenters. The third kappa shape index (κ3) is 3.11. The molecule has 6 rings (SSSR count). The highest BCUT2D eigenvalue weighted by molar-refractivity contribution is 5.94. The highest BCUT2D eigenvalue weighted by atomic mass is 16.8. The van der Waals surface area contributed by atoms with Crippen molar-refractivity contribution in [2.24, 2.45) is 28.1 Å². The predicted octanol–water partition coefficient (Wildman–Crippen LogP) is -1.75. The molecule has 4 saturated heterocycles. The molecule has 4 heterocycles. The van der Waals surface area contributed by atoms with Crippen LogP contribution in [0.1, 0.15) is 34.1 Å². The third-order valence-corrected chi connectivity index (χ3v) is 10.3. The van der Waals surface area contributed by atoms with E-state index in [1.165, 1.54) is 6.92 Å². The lowest BCUT2D eigenvalue weighted by Crippen LogP contribution is -2.67. The molecular weight excluding hydrogens is 548 g/mol. The summed E-state index contributed by atoms with van der Waals surface area (Å²) in [4.78, 5) is 51.0. The van der Waals surface area contributed by atoms with Gasteiger partial charge >= 0.3 is 17.9 Å². The number of esters is 3. The second-order valence-corrected chi connectivity index (χ2v) is 12.9. The van der Waals surface area contributed by atoms with Crippen LogP contribution in [0, 0.1) is 28.1 Å². The summed E-state index contributed by atoms with van der Waals surface area (Å²) < 4.78 is 40.2. The number of carbonyl (C=O) groups excluding carboxylic acids is 4. The van der Waals surface area contributed by atoms with Crippen LogP contribution in [-0.4, -0.2) is 121 Å². The van der Waals surface area contributed by atoms with Gasteiger partial charge in [0.1, 0.15) is 25.4 Å². The lowest BCUT2D eigenvalue weighted by molar-refractivity contribution is -0.240. The average Bonchev–Trinajstić information content (AvgIpc) is 3.62. The summed E-state index contributed by atoms with van der Waals surface area (Å²) in [6.45, 7) is 6.58. The van der Waals surface area contributed by atoms with E-state index in [2.05, 4.69) is 0 Å². The van der Waals surface area contributed by atoms with Crippen LogP contribution in [0.5, 0.6) is 0 Å². The number of fused-ring (bicyclic) bond motifs is 1. The van der Waals surface area contributed by atoms with Gasteiger partial charge in [-0.05, 0) is 24.7 Å². The number of aliphatic hydroxyl groups is 3. The van der Waals surface area contributed by atoms with Crippen LogP contribution >= 0.6 is 0 Å². The van der Waals surface area contributed by atoms with Gasteiger partial charge in [0.25, 0.3) is 0 Å². The number of rotatable bonds is 10. The quantitative estimate of drug-likeness (QED) is 0.149. The second kappa shape index (κ2) is 9.15. The fourth-order valence-electron chi connectivity index (χ4n) is 8.97. The molecule has 41 heavy (non-hydrogen) atoms. The molecule has 3 unspecified atom stereocenters. The molecule has 2 aliphatic carbocycles. The smallest absolute Gasteiger partial charge is 0.343 e. The summed E-state index contributed by atoms with van der Waals surface area (Å²) in [6, 6.07) is 0. The summed E-state index contributed by atoms with van der Waals surface area (Å²) in [5.41, 5.74) is -8.28. The molecule has 2 saturated carbocycles. The van der Waals surface area contributed by atoms with Crippen molar-refractivity contribution in [3.05, 3.63) is 0 Å². The van der Waals surface area contributed by atoms with Crippen molar-refractivity contribution in [3.63, 3.8) is 0 Å². The van der Waals surface area contributed by atoms with Gasteiger partial charge in [0.2, 0.25) is 11.9 Å². The minimum absolute atomic E-state index is 0.0314. The van der Waals surface area contributed by atoms with Gasteiger partial charge in [-0.15, -0.1) is 0 Å². The molecule has 0 radical (unpaired) electrons. The van der Waals surface area contributed by atoms with E-state index in [1.807, 2.05) is 20.8 Å². The maximum absolute atomic E-state index is 13.8. The molecule has 3 N–H and O–H groups in total. The third-order valence-electron chi connectivity index (χ3n) is 10.3. The number of hydrogen-bond acceptors (Lipinski definition) is 14. The first-order chi connectivity index (χ1) is 19.3. The Morgan fingerprint density at radius 1 is 1.02 bits per heavy atom. The fraction of sp³-hybridized carbons (Fsp3) is 0.852. The number of hydrogen-bond donors (Lipinski definition) is 3. The fourth-order valence-corrected chi connectivity index (χ4v) is 8.97. The van der Waals surface area contributed by atoms with Crippen LogP contribution in [0.25, 0.3) is 0 Å². The Bertz CT molecular complexity index is 1170. The molecule has 6 aliphatic rings. The average molecular weight is 585 g/mol. The molecule has 0 aromatic carbocycles. The number of carbonyl (C=O) groups is 4.